The summed E-state index contributed by atoms with van der Waals surface area (Å²) >= 11 is 0. The van der Waals surface area contributed by atoms with Crippen molar-refractivity contribution in [3.63, 3.8) is 0 Å². The normalized spacial score (nSPS) is 27.6. The molecule has 2 atom stereocenters. The monoisotopic (exact) mass is 278 g/mol. The highest BCUT2D eigenvalue weighted by Gasteiger charge is 2.28. The molecule has 0 aromatic carbocycles. The van der Waals surface area contributed by atoms with Gasteiger partial charge in [-0.2, -0.15) is 5.26 Å². The first-order valence-corrected chi connectivity index (χ1v) is 8.23. The Morgan fingerprint density at radius 1 is 1.25 bits per heavy atom. The predicted octanol–water partition coefficient (Wildman–Crippen LogP) is 1.83. The van der Waals surface area contributed by atoms with Gasteiger partial charge in [0.05, 0.1) is 6.07 Å². The van der Waals surface area contributed by atoms with E-state index in [1.165, 1.54) is 58.4 Å². The average molecular weight is 278 g/mol. The van der Waals surface area contributed by atoms with Gasteiger partial charge in [0.1, 0.15) is 5.54 Å². The number of unbranched alkanes of at least 4 members (excludes halogenated alkanes) is 1. The Morgan fingerprint density at radius 3 is 2.65 bits per heavy atom. The molecule has 0 aliphatic carbocycles. The molecule has 2 fully saturated rings. The lowest BCUT2D eigenvalue weighted by molar-refractivity contribution is 0.230. The third-order valence-electron chi connectivity index (χ3n) is 5.10. The van der Waals surface area contributed by atoms with Crippen molar-refractivity contribution in [3.05, 3.63) is 0 Å². The number of nitriles is 1. The summed E-state index contributed by atoms with van der Waals surface area (Å²) in [5.41, 5.74) is -0.344. The van der Waals surface area contributed by atoms with Crippen molar-refractivity contribution in [1.29, 1.82) is 5.26 Å². The fourth-order valence-electron chi connectivity index (χ4n) is 3.47. The zero-order valence-corrected chi connectivity index (χ0v) is 13.2. The fraction of sp³-hybridized carbons (Fsp3) is 0.938. The summed E-state index contributed by atoms with van der Waals surface area (Å²) in [4.78, 5) is 5.31. The lowest BCUT2D eigenvalue weighted by Gasteiger charge is -2.24. The van der Waals surface area contributed by atoms with E-state index in [-0.39, 0.29) is 5.54 Å². The number of rotatable bonds is 7. The topological polar surface area (TPSA) is 42.3 Å². The van der Waals surface area contributed by atoms with Crippen LogP contribution in [0.3, 0.4) is 0 Å². The molecule has 0 amide bonds. The number of nitrogens with zero attached hydrogens (tertiary/aromatic N) is 3. The lowest BCUT2D eigenvalue weighted by atomic mass is 9.97. The highest BCUT2D eigenvalue weighted by molar-refractivity contribution is 5.02. The van der Waals surface area contributed by atoms with Gasteiger partial charge in [-0.15, -0.1) is 0 Å². The van der Waals surface area contributed by atoms with Crippen LogP contribution in [-0.2, 0) is 0 Å². The molecule has 0 radical (unpaired) electrons. The van der Waals surface area contributed by atoms with Crippen molar-refractivity contribution < 1.29 is 0 Å². The molecular formula is C16H30N4. The third kappa shape index (κ3) is 4.18. The standard InChI is InChI=1S/C16H30N4/c1-16(14-17,18-2)8-3-4-9-19-12-7-15(13-19)20-10-5-6-11-20/h15,18H,3-13H2,1-2H3. The minimum Gasteiger partial charge on any atom is -0.303 e. The van der Waals surface area contributed by atoms with Gasteiger partial charge in [0.25, 0.3) is 0 Å². The van der Waals surface area contributed by atoms with Gasteiger partial charge in [-0.3, -0.25) is 4.90 Å². The van der Waals surface area contributed by atoms with E-state index in [0.717, 1.165) is 18.9 Å². The van der Waals surface area contributed by atoms with E-state index in [1.54, 1.807) is 0 Å². The quantitative estimate of drug-likeness (QED) is 0.722. The Morgan fingerprint density at radius 2 is 2.00 bits per heavy atom. The van der Waals surface area contributed by atoms with Gasteiger partial charge in [-0.25, -0.2) is 0 Å². The van der Waals surface area contributed by atoms with Crippen LogP contribution in [0.15, 0.2) is 0 Å². The van der Waals surface area contributed by atoms with Crippen LogP contribution in [-0.4, -0.2) is 61.2 Å². The summed E-state index contributed by atoms with van der Waals surface area (Å²) in [6, 6.07) is 3.19. The van der Waals surface area contributed by atoms with E-state index in [4.69, 9.17) is 5.26 Å². The van der Waals surface area contributed by atoms with Gasteiger partial charge < -0.3 is 10.2 Å². The van der Waals surface area contributed by atoms with Crippen molar-refractivity contribution in [3.8, 4) is 6.07 Å². The van der Waals surface area contributed by atoms with E-state index in [9.17, 15) is 0 Å². The van der Waals surface area contributed by atoms with Crippen molar-refractivity contribution in [2.45, 2.75) is 57.0 Å². The fourth-order valence-corrected chi connectivity index (χ4v) is 3.47. The Kier molecular flexibility index (Phi) is 5.83. The molecule has 20 heavy (non-hydrogen) atoms. The highest BCUT2D eigenvalue weighted by atomic mass is 15.3. The average Bonchev–Trinajstić information content (AvgIpc) is 3.13. The molecule has 2 saturated heterocycles. The molecule has 0 saturated carbocycles. The molecule has 2 aliphatic rings. The summed E-state index contributed by atoms with van der Waals surface area (Å²) in [6.07, 6.45) is 7.44. The second-order valence-corrected chi connectivity index (χ2v) is 6.64. The molecule has 114 valence electrons. The molecule has 2 unspecified atom stereocenters. The van der Waals surface area contributed by atoms with Crippen LogP contribution in [0.1, 0.15) is 45.4 Å². The van der Waals surface area contributed by atoms with Crippen molar-refractivity contribution >= 4 is 0 Å². The predicted molar refractivity (Wildman–Crippen MR) is 82.6 cm³/mol. The second-order valence-electron chi connectivity index (χ2n) is 6.64. The molecule has 2 heterocycles. The lowest BCUT2D eigenvalue weighted by Crippen LogP contribution is -2.38. The minimum absolute atomic E-state index is 0.344. The molecule has 0 aromatic heterocycles. The van der Waals surface area contributed by atoms with Crippen LogP contribution >= 0.6 is 0 Å². The maximum Gasteiger partial charge on any atom is 0.103 e. The zero-order valence-electron chi connectivity index (χ0n) is 13.2. The molecule has 2 rings (SSSR count). The smallest absolute Gasteiger partial charge is 0.103 e. The second kappa shape index (κ2) is 7.40. The van der Waals surface area contributed by atoms with Gasteiger partial charge >= 0.3 is 0 Å². The molecule has 1 N–H and O–H groups in total. The molecule has 2 aliphatic heterocycles. The van der Waals surface area contributed by atoms with Crippen molar-refractivity contribution in [1.82, 2.24) is 15.1 Å². The van der Waals surface area contributed by atoms with Gasteiger partial charge in [0.2, 0.25) is 0 Å². The summed E-state index contributed by atoms with van der Waals surface area (Å²) in [7, 11) is 1.88. The number of likely N-dealkylation sites (tertiary alicyclic amines) is 2. The van der Waals surface area contributed by atoms with Crippen molar-refractivity contribution in [2.24, 2.45) is 0 Å². The van der Waals surface area contributed by atoms with Crippen LogP contribution in [0.4, 0.5) is 0 Å². The first-order chi connectivity index (χ1) is 9.67. The molecule has 0 aromatic rings. The van der Waals surface area contributed by atoms with Gasteiger partial charge in [0, 0.05) is 12.6 Å². The first-order valence-electron chi connectivity index (χ1n) is 8.23. The summed E-state index contributed by atoms with van der Waals surface area (Å²) in [6.45, 7) is 8.37. The summed E-state index contributed by atoms with van der Waals surface area (Å²) < 4.78 is 0. The van der Waals surface area contributed by atoms with Crippen molar-refractivity contribution in [2.75, 3.05) is 39.8 Å². The Balaban J connectivity index is 1.60. The summed E-state index contributed by atoms with van der Waals surface area (Å²) in [5, 5.41) is 12.2. The van der Waals surface area contributed by atoms with Gasteiger partial charge in [0.15, 0.2) is 0 Å². The van der Waals surface area contributed by atoms with E-state index in [2.05, 4.69) is 21.2 Å². The maximum absolute atomic E-state index is 9.12. The number of hydrogen-bond acceptors (Lipinski definition) is 4. The zero-order chi connectivity index (χ0) is 14.4. The van der Waals surface area contributed by atoms with Crippen LogP contribution in [0.2, 0.25) is 0 Å². The van der Waals surface area contributed by atoms with Crippen LogP contribution < -0.4 is 5.32 Å². The Labute approximate surface area is 124 Å². The third-order valence-corrected chi connectivity index (χ3v) is 5.10. The van der Waals surface area contributed by atoms with Crippen LogP contribution in [0.25, 0.3) is 0 Å². The maximum atomic E-state index is 9.12. The van der Waals surface area contributed by atoms with E-state index < -0.39 is 0 Å². The molecule has 0 spiro atoms. The van der Waals surface area contributed by atoms with Crippen LogP contribution in [0, 0.1) is 11.3 Å². The number of nitrogens with one attached hydrogen (secondary N) is 1. The van der Waals surface area contributed by atoms with Crippen LogP contribution in [0.5, 0.6) is 0 Å². The Bertz CT molecular complexity index is 332. The molecule has 4 nitrogen and oxygen atoms in total. The van der Waals surface area contributed by atoms with E-state index in [1.807, 2.05) is 14.0 Å². The number of hydrogen-bond donors (Lipinski definition) is 1. The SMILES string of the molecule is CNC(C)(C#N)CCCCN1CCC(N2CCCC2)C1. The van der Waals surface area contributed by atoms with E-state index in [0.29, 0.717) is 0 Å². The minimum atomic E-state index is -0.344. The van der Waals surface area contributed by atoms with Gasteiger partial charge in [-0.05, 0) is 78.7 Å². The van der Waals surface area contributed by atoms with Gasteiger partial charge in [-0.1, -0.05) is 0 Å². The Hall–Kier alpha value is -0.630. The van der Waals surface area contributed by atoms with E-state index >= 15 is 0 Å². The molecular weight excluding hydrogens is 248 g/mol. The molecule has 0 bridgehead atoms. The first kappa shape index (κ1) is 15.8. The molecule has 4 heteroatoms. The largest absolute Gasteiger partial charge is 0.303 e. The summed E-state index contributed by atoms with van der Waals surface area (Å²) in [5.74, 6) is 0. The highest BCUT2D eigenvalue weighted by Crippen LogP contribution is 2.21.